The number of pyridine rings is 1. The van der Waals surface area contributed by atoms with Gasteiger partial charge >= 0.3 is 5.97 Å². The highest BCUT2D eigenvalue weighted by Crippen LogP contribution is 2.18. The largest absolute Gasteiger partial charge is 0.477 e. The molecule has 0 atom stereocenters. The van der Waals surface area contributed by atoms with Crippen molar-refractivity contribution in [2.24, 2.45) is 0 Å². The first-order valence-corrected chi connectivity index (χ1v) is 7.96. The minimum absolute atomic E-state index is 0.301. The molecule has 1 aromatic carbocycles. The van der Waals surface area contributed by atoms with Crippen LogP contribution < -0.4 is 0 Å². The zero-order chi connectivity index (χ0) is 17.1. The molecule has 0 amide bonds. The third-order valence-corrected chi connectivity index (χ3v) is 4.12. The van der Waals surface area contributed by atoms with Gasteiger partial charge in [0.15, 0.2) is 0 Å². The number of aryl methyl sites for hydroxylation is 2. The lowest BCUT2D eigenvalue weighted by atomic mass is 9.98. The average Bonchev–Trinajstić information content (AvgIpc) is 3.01. The molecule has 0 spiro atoms. The monoisotopic (exact) mass is 323 g/mol. The second-order valence-electron chi connectivity index (χ2n) is 6.17. The van der Waals surface area contributed by atoms with Crippen molar-refractivity contribution >= 4 is 11.6 Å². The van der Waals surface area contributed by atoms with Gasteiger partial charge in [-0.2, -0.15) is 0 Å². The molecule has 3 aromatic rings. The first-order valence-electron chi connectivity index (χ1n) is 7.96. The van der Waals surface area contributed by atoms with Crippen molar-refractivity contribution in [1.29, 1.82) is 0 Å². The molecule has 0 unspecified atom stereocenters. The molecule has 2 aromatic heterocycles. The molecular formula is C19H21N3O2. The summed E-state index contributed by atoms with van der Waals surface area (Å²) >= 11 is 0. The van der Waals surface area contributed by atoms with E-state index in [9.17, 15) is 9.90 Å². The van der Waals surface area contributed by atoms with E-state index in [1.165, 1.54) is 11.1 Å². The fourth-order valence-electron chi connectivity index (χ4n) is 3.04. The maximum Gasteiger partial charge on any atom is 0.353 e. The van der Waals surface area contributed by atoms with Crippen LogP contribution in [0, 0.1) is 0 Å². The van der Waals surface area contributed by atoms with Crippen LogP contribution in [0.15, 0.2) is 48.8 Å². The molecule has 2 heterocycles. The molecule has 1 N–H and O–H groups in total. The van der Waals surface area contributed by atoms with Crippen LogP contribution in [0.25, 0.3) is 5.65 Å². The number of aromatic nitrogens is 2. The Kier molecular flexibility index (Phi) is 4.62. The van der Waals surface area contributed by atoms with E-state index in [0.717, 1.165) is 18.5 Å². The average molecular weight is 323 g/mol. The maximum absolute atomic E-state index is 11.7. The Labute approximate surface area is 141 Å². The van der Waals surface area contributed by atoms with Crippen molar-refractivity contribution in [2.45, 2.75) is 19.4 Å². The van der Waals surface area contributed by atoms with Crippen molar-refractivity contribution in [3.63, 3.8) is 0 Å². The number of rotatable bonds is 6. The molecule has 24 heavy (non-hydrogen) atoms. The summed E-state index contributed by atoms with van der Waals surface area (Å²) < 4.78 is 1.64. The molecule has 3 rings (SSSR count). The van der Waals surface area contributed by atoms with Crippen molar-refractivity contribution in [1.82, 2.24) is 14.3 Å². The van der Waals surface area contributed by atoms with Gasteiger partial charge in [0, 0.05) is 18.9 Å². The van der Waals surface area contributed by atoms with Gasteiger partial charge in [-0.15, -0.1) is 0 Å². The Morgan fingerprint density at radius 1 is 1.08 bits per heavy atom. The van der Waals surface area contributed by atoms with Crippen LogP contribution in [-0.4, -0.2) is 39.5 Å². The Balaban J connectivity index is 1.89. The Bertz CT molecular complexity index is 868. The number of aromatic carboxylic acids is 1. The number of carbonyl (C=O) groups is 1. The molecule has 5 heteroatoms. The Hall–Kier alpha value is -2.66. The van der Waals surface area contributed by atoms with Gasteiger partial charge in [-0.1, -0.05) is 30.3 Å². The van der Waals surface area contributed by atoms with Crippen LogP contribution >= 0.6 is 0 Å². The molecule has 0 aliphatic heterocycles. The minimum atomic E-state index is -0.921. The number of fused-ring (bicyclic) bond motifs is 1. The number of nitrogens with zero attached hydrogens (tertiary/aromatic N) is 3. The molecule has 0 bridgehead atoms. The summed E-state index contributed by atoms with van der Waals surface area (Å²) in [5.74, 6) is -0.921. The lowest BCUT2D eigenvalue weighted by Crippen LogP contribution is -2.13. The van der Waals surface area contributed by atoms with Gasteiger partial charge in [0.1, 0.15) is 11.3 Å². The van der Waals surface area contributed by atoms with Crippen LogP contribution in [0.5, 0.6) is 0 Å². The smallest absolute Gasteiger partial charge is 0.353 e. The molecule has 0 fully saturated rings. The molecule has 0 aliphatic carbocycles. The van der Waals surface area contributed by atoms with Gasteiger partial charge < -0.3 is 10.0 Å². The zero-order valence-corrected chi connectivity index (χ0v) is 13.9. The molecule has 5 nitrogen and oxygen atoms in total. The van der Waals surface area contributed by atoms with Crippen molar-refractivity contribution in [2.75, 3.05) is 14.1 Å². The van der Waals surface area contributed by atoms with Crippen molar-refractivity contribution in [3.8, 4) is 0 Å². The summed E-state index contributed by atoms with van der Waals surface area (Å²) in [6, 6.07) is 12.1. The van der Waals surface area contributed by atoms with Crippen LogP contribution in [0.4, 0.5) is 0 Å². The van der Waals surface area contributed by atoms with E-state index < -0.39 is 5.97 Å². The van der Waals surface area contributed by atoms with E-state index in [2.05, 4.69) is 22.0 Å². The molecule has 0 radical (unpaired) electrons. The van der Waals surface area contributed by atoms with E-state index in [-0.39, 0.29) is 0 Å². The second-order valence-corrected chi connectivity index (χ2v) is 6.17. The Morgan fingerprint density at radius 2 is 1.79 bits per heavy atom. The molecular weight excluding hydrogens is 302 g/mol. The summed E-state index contributed by atoms with van der Waals surface area (Å²) in [6.45, 7) is 0.877. The number of carboxylic acid groups (broad SMARTS) is 1. The van der Waals surface area contributed by atoms with Gasteiger partial charge in [0.2, 0.25) is 0 Å². The van der Waals surface area contributed by atoms with E-state index in [1.54, 1.807) is 16.8 Å². The summed E-state index contributed by atoms with van der Waals surface area (Å²) in [5, 5.41) is 9.60. The molecule has 0 aliphatic rings. The summed E-state index contributed by atoms with van der Waals surface area (Å²) in [4.78, 5) is 18.0. The number of imidazole rings is 1. The fraction of sp³-hybridized carbons (Fsp3) is 0.263. The highest BCUT2D eigenvalue weighted by atomic mass is 16.4. The highest BCUT2D eigenvalue weighted by molar-refractivity contribution is 5.88. The first-order chi connectivity index (χ1) is 11.6. The third kappa shape index (κ3) is 3.31. The highest BCUT2D eigenvalue weighted by Gasteiger charge is 2.15. The fourth-order valence-corrected chi connectivity index (χ4v) is 3.04. The van der Waals surface area contributed by atoms with E-state index in [4.69, 9.17) is 0 Å². The van der Waals surface area contributed by atoms with Crippen molar-refractivity contribution in [3.05, 3.63) is 71.2 Å². The van der Waals surface area contributed by atoms with Crippen molar-refractivity contribution < 1.29 is 9.90 Å². The third-order valence-electron chi connectivity index (χ3n) is 4.12. The predicted molar refractivity (Wildman–Crippen MR) is 93.4 cm³/mol. The zero-order valence-electron chi connectivity index (χ0n) is 13.9. The first kappa shape index (κ1) is 16.2. The molecule has 0 saturated heterocycles. The normalized spacial score (nSPS) is 11.3. The Morgan fingerprint density at radius 3 is 2.50 bits per heavy atom. The van der Waals surface area contributed by atoms with Crippen LogP contribution in [0.3, 0.4) is 0 Å². The van der Waals surface area contributed by atoms with Gasteiger partial charge in [-0.05, 0) is 49.7 Å². The lowest BCUT2D eigenvalue weighted by Gasteiger charge is -2.15. The second kappa shape index (κ2) is 6.84. The van der Waals surface area contributed by atoms with Crippen LogP contribution in [0.2, 0.25) is 0 Å². The predicted octanol–water partition coefficient (Wildman–Crippen LogP) is 2.88. The van der Waals surface area contributed by atoms with Crippen LogP contribution in [-0.2, 0) is 19.4 Å². The van der Waals surface area contributed by atoms with Gasteiger partial charge in [-0.25, -0.2) is 9.78 Å². The number of benzene rings is 1. The lowest BCUT2D eigenvalue weighted by molar-refractivity contribution is 0.0687. The SMILES string of the molecule is CN(C)Cc1ccccc1CCc1ccc2nccn2c1C(=O)O. The quantitative estimate of drug-likeness (QED) is 0.758. The standard InChI is InChI=1S/C19H21N3O2/c1-21(2)13-16-6-4-3-5-14(16)7-8-15-9-10-17-20-11-12-22(17)18(15)19(23)24/h3-6,9-12H,7-8,13H2,1-2H3,(H,23,24). The van der Waals surface area contributed by atoms with E-state index >= 15 is 0 Å². The number of hydrogen-bond acceptors (Lipinski definition) is 3. The number of hydrogen-bond donors (Lipinski definition) is 1. The molecule has 0 saturated carbocycles. The van der Waals surface area contributed by atoms with Gasteiger partial charge in [0.05, 0.1) is 0 Å². The summed E-state index contributed by atoms with van der Waals surface area (Å²) in [5.41, 5.74) is 4.32. The number of carboxylic acids is 1. The summed E-state index contributed by atoms with van der Waals surface area (Å²) in [6.07, 6.45) is 4.81. The summed E-state index contributed by atoms with van der Waals surface area (Å²) in [7, 11) is 4.10. The van der Waals surface area contributed by atoms with Gasteiger partial charge in [0.25, 0.3) is 0 Å². The minimum Gasteiger partial charge on any atom is -0.477 e. The van der Waals surface area contributed by atoms with E-state index in [0.29, 0.717) is 17.8 Å². The van der Waals surface area contributed by atoms with Gasteiger partial charge in [-0.3, -0.25) is 4.40 Å². The van der Waals surface area contributed by atoms with E-state index in [1.807, 2.05) is 38.4 Å². The maximum atomic E-state index is 11.7. The molecule has 124 valence electrons. The van der Waals surface area contributed by atoms with Crippen LogP contribution in [0.1, 0.15) is 27.2 Å². The topological polar surface area (TPSA) is 57.8 Å².